The first-order valence-electron chi connectivity index (χ1n) is 8.15. The molecule has 23 heavy (non-hydrogen) atoms. The SMILES string of the molecule is O.[O-][n+]1cccc2c1CCCC2.[O-][n+]1cccc2c1CCCC2. The topological polar surface area (TPSA) is 85.4 Å². The first-order chi connectivity index (χ1) is 10.8. The van der Waals surface area contributed by atoms with E-state index < -0.39 is 0 Å². The Morgan fingerprint density at radius 1 is 0.652 bits per heavy atom. The van der Waals surface area contributed by atoms with Gasteiger partial charge in [-0.15, -0.1) is 0 Å². The molecule has 0 aromatic carbocycles. The monoisotopic (exact) mass is 316 g/mol. The zero-order valence-corrected chi connectivity index (χ0v) is 13.3. The van der Waals surface area contributed by atoms with Gasteiger partial charge in [-0.2, -0.15) is 9.46 Å². The molecule has 0 atom stereocenters. The molecule has 2 aliphatic rings. The van der Waals surface area contributed by atoms with Crippen molar-refractivity contribution < 1.29 is 14.9 Å². The van der Waals surface area contributed by atoms with Gasteiger partial charge >= 0.3 is 0 Å². The summed E-state index contributed by atoms with van der Waals surface area (Å²) in [5.41, 5.74) is 4.46. The summed E-state index contributed by atoms with van der Waals surface area (Å²) < 4.78 is 2.02. The number of nitrogens with zero attached hydrogens (tertiary/aromatic N) is 2. The molecular weight excluding hydrogens is 292 g/mol. The third-order valence-electron chi connectivity index (χ3n) is 4.53. The Morgan fingerprint density at radius 3 is 1.43 bits per heavy atom. The lowest BCUT2D eigenvalue weighted by Gasteiger charge is -2.13. The van der Waals surface area contributed by atoms with Gasteiger partial charge in [0.25, 0.3) is 0 Å². The average molecular weight is 316 g/mol. The zero-order valence-electron chi connectivity index (χ0n) is 13.3. The van der Waals surface area contributed by atoms with Crippen LogP contribution < -0.4 is 9.46 Å². The van der Waals surface area contributed by atoms with Crippen LogP contribution in [0.5, 0.6) is 0 Å². The van der Waals surface area contributed by atoms with Gasteiger partial charge in [-0.25, -0.2) is 0 Å². The van der Waals surface area contributed by atoms with E-state index in [-0.39, 0.29) is 5.48 Å². The van der Waals surface area contributed by atoms with Gasteiger partial charge in [0.15, 0.2) is 23.8 Å². The third-order valence-corrected chi connectivity index (χ3v) is 4.53. The van der Waals surface area contributed by atoms with Crippen molar-refractivity contribution in [2.75, 3.05) is 0 Å². The van der Waals surface area contributed by atoms with E-state index in [2.05, 4.69) is 12.1 Å². The van der Waals surface area contributed by atoms with E-state index in [1.807, 2.05) is 12.1 Å². The number of rotatable bonds is 0. The minimum Gasteiger partial charge on any atom is -0.618 e. The van der Waals surface area contributed by atoms with Crippen molar-refractivity contribution in [2.24, 2.45) is 0 Å². The quantitative estimate of drug-likeness (QED) is 0.546. The summed E-state index contributed by atoms with van der Waals surface area (Å²) in [7, 11) is 0. The Bertz CT molecular complexity index is 601. The van der Waals surface area contributed by atoms with Crippen molar-refractivity contribution in [3.63, 3.8) is 0 Å². The molecule has 4 rings (SSSR count). The van der Waals surface area contributed by atoms with Crippen LogP contribution in [0.1, 0.15) is 48.2 Å². The highest BCUT2D eigenvalue weighted by Crippen LogP contribution is 2.17. The van der Waals surface area contributed by atoms with E-state index in [0.717, 1.165) is 46.5 Å². The van der Waals surface area contributed by atoms with Crippen molar-refractivity contribution >= 4 is 0 Å². The van der Waals surface area contributed by atoms with Crippen LogP contribution in [-0.2, 0) is 25.7 Å². The maximum Gasteiger partial charge on any atom is 0.195 e. The largest absolute Gasteiger partial charge is 0.618 e. The minimum absolute atomic E-state index is 0. The van der Waals surface area contributed by atoms with Gasteiger partial charge in [0.05, 0.1) is 0 Å². The summed E-state index contributed by atoms with van der Waals surface area (Å²) in [6.45, 7) is 0. The molecule has 5 heteroatoms. The van der Waals surface area contributed by atoms with Crippen LogP contribution in [0.3, 0.4) is 0 Å². The van der Waals surface area contributed by atoms with Gasteiger partial charge in [0.1, 0.15) is 0 Å². The lowest BCUT2D eigenvalue weighted by atomic mass is 9.96. The summed E-state index contributed by atoms with van der Waals surface area (Å²) in [6.07, 6.45) is 12.1. The van der Waals surface area contributed by atoms with E-state index in [4.69, 9.17) is 0 Å². The van der Waals surface area contributed by atoms with E-state index >= 15 is 0 Å². The molecule has 5 nitrogen and oxygen atoms in total. The fraction of sp³-hybridized carbons (Fsp3) is 0.444. The predicted octanol–water partition coefficient (Wildman–Crippen LogP) is 1.57. The molecule has 0 saturated carbocycles. The molecule has 2 N–H and O–H groups in total. The highest BCUT2D eigenvalue weighted by molar-refractivity contribution is 5.18. The van der Waals surface area contributed by atoms with Crippen molar-refractivity contribution in [3.8, 4) is 0 Å². The van der Waals surface area contributed by atoms with Crippen molar-refractivity contribution in [1.29, 1.82) is 0 Å². The predicted molar refractivity (Wildman–Crippen MR) is 87.7 cm³/mol. The van der Waals surface area contributed by atoms with Gasteiger partial charge in [0, 0.05) is 36.1 Å². The highest BCUT2D eigenvalue weighted by atomic mass is 16.5. The first kappa shape index (κ1) is 17.2. The lowest BCUT2D eigenvalue weighted by molar-refractivity contribution is -0.615. The molecular formula is C18H24N2O3. The number of aryl methyl sites for hydroxylation is 2. The Hall–Kier alpha value is -2.14. The summed E-state index contributed by atoms with van der Waals surface area (Å²) in [5, 5.41) is 22.4. The lowest BCUT2D eigenvalue weighted by Crippen LogP contribution is -2.33. The standard InChI is InChI=1S/2C9H11NO.H2O/c2*11-10-7-3-5-8-4-1-2-6-9(8)10;/h2*3,5,7H,1-2,4,6H2;1H2. The van der Waals surface area contributed by atoms with E-state index in [1.54, 1.807) is 12.4 Å². The van der Waals surface area contributed by atoms with Crippen LogP contribution in [0.4, 0.5) is 0 Å². The number of aromatic nitrogens is 2. The van der Waals surface area contributed by atoms with Crippen LogP contribution in [-0.4, -0.2) is 5.48 Å². The molecule has 2 aromatic heterocycles. The summed E-state index contributed by atoms with van der Waals surface area (Å²) in [6, 6.07) is 7.78. The Morgan fingerprint density at radius 2 is 1.04 bits per heavy atom. The molecule has 2 heterocycles. The molecule has 0 fully saturated rings. The van der Waals surface area contributed by atoms with Crippen LogP contribution in [0.25, 0.3) is 0 Å². The number of hydrogen-bond acceptors (Lipinski definition) is 2. The van der Waals surface area contributed by atoms with Crippen molar-refractivity contribution in [1.82, 2.24) is 0 Å². The highest BCUT2D eigenvalue weighted by Gasteiger charge is 2.16. The summed E-state index contributed by atoms with van der Waals surface area (Å²) in [4.78, 5) is 0. The summed E-state index contributed by atoms with van der Waals surface area (Å²) >= 11 is 0. The van der Waals surface area contributed by atoms with Gasteiger partial charge in [-0.05, 0) is 50.7 Å². The van der Waals surface area contributed by atoms with E-state index in [9.17, 15) is 10.4 Å². The fourth-order valence-corrected chi connectivity index (χ4v) is 3.34. The molecule has 0 unspecified atom stereocenters. The number of fused-ring (bicyclic) bond motifs is 2. The number of pyridine rings is 2. The van der Waals surface area contributed by atoms with Crippen molar-refractivity contribution in [3.05, 3.63) is 69.6 Å². The van der Waals surface area contributed by atoms with Gasteiger partial charge < -0.3 is 15.9 Å². The smallest absolute Gasteiger partial charge is 0.195 e. The average Bonchev–Trinajstić information content (AvgIpc) is 2.57. The van der Waals surface area contributed by atoms with Gasteiger partial charge in [0.2, 0.25) is 0 Å². The number of hydrogen-bond donors (Lipinski definition) is 0. The molecule has 0 radical (unpaired) electrons. The molecule has 124 valence electrons. The molecule has 2 aromatic rings. The minimum atomic E-state index is 0. The Kier molecular flexibility index (Phi) is 5.93. The Balaban J connectivity index is 0.000000160. The molecule has 2 aliphatic carbocycles. The fourth-order valence-electron chi connectivity index (χ4n) is 3.34. The molecule has 0 bridgehead atoms. The molecule has 0 aliphatic heterocycles. The Labute approximate surface area is 136 Å². The molecule has 0 spiro atoms. The van der Waals surface area contributed by atoms with E-state index in [0.29, 0.717) is 0 Å². The van der Waals surface area contributed by atoms with Crippen LogP contribution >= 0.6 is 0 Å². The maximum atomic E-state index is 11.2. The van der Waals surface area contributed by atoms with Crippen LogP contribution in [0.2, 0.25) is 0 Å². The van der Waals surface area contributed by atoms with E-state index in [1.165, 1.54) is 36.8 Å². The molecule has 0 saturated heterocycles. The second-order valence-corrected chi connectivity index (χ2v) is 6.03. The normalized spacial score (nSPS) is 15.3. The summed E-state index contributed by atoms with van der Waals surface area (Å²) in [5.74, 6) is 0. The van der Waals surface area contributed by atoms with Crippen LogP contribution in [0.15, 0.2) is 36.7 Å². The van der Waals surface area contributed by atoms with Gasteiger partial charge in [-0.1, -0.05) is 0 Å². The van der Waals surface area contributed by atoms with Crippen LogP contribution in [0, 0.1) is 10.4 Å². The first-order valence-corrected chi connectivity index (χ1v) is 8.15. The zero-order chi connectivity index (χ0) is 15.4. The second kappa shape index (κ2) is 7.92. The molecule has 0 amide bonds. The second-order valence-electron chi connectivity index (χ2n) is 6.03. The maximum absolute atomic E-state index is 11.2. The van der Waals surface area contributed by atoms with Crippen molar-refractivity contribution in [2.45, 2.75) is 51.4 Å². The van der Waals surface area contributed by atoms with Gasteiger partial charge in [-0.3, -0.25) is 0 Å². The third kappa shape index (κ3) is 3.99.